The Labute approximate surface area is 156 Å². The Kier molecular flexibility index (Phi) is 4.94. The van der Waals surface area contributed by atoms with Crippen molar-refractivity contribution in [3.05, 3.63) is 51.3 Å². The van der Waals surface area contributed by atoms with Gasteiger partial charge in [-0.15, -0.1) is 0 Å². The fraction of sp³-hybridized carbons (Fsp3) is 0.133. The molecule has 0 saturated heterocycles. The number of anilines is 1. The zero-order chi connectivity index (χ0) is 19.6. The highest BCUT2D eigenvalue weighted by molar-refractivity contribution is 6.31. The molecular formula is C15H12ClN5O6. The van der Waals surface area contributed by atoms with Gasteiger partial charge in [0.2, 0.25) is 0 Å². The first-order chi connectivity index (χ1) is 12.8. The molecule has 0 bridgehead atoms. The number of H-pyrrole nitrogens is 1. The number of carbonyl (C=O) groups excluding carboxylic acids is 3. The minimum Gasteiger partial charge on any atom is -0.482 e. The van der Waals surface area contributed by atoms with E-state index in [1.165, 1.54) is 11.0 Å². The van der Waals surface area contributed by atoms with Gasteiger partial charge >= 0.3 is 0 Å². The highest BCUT2D eigenvalue weighted by atomic mass is 35.5. The van der Waals surface area contributed by atoms with Gasteiger partial charge in [0.15, 0.2) is 6.61 Å². The largest absolute Gasteiger partial charge is 0.482 e. The predicted molar refractivity (Wildman–Crippen MR) is 92.4 cm³/mol. The number of amides is 3. The molecule has 140 valence electrons. The van der Waals surface area contributed by atoms with E-state index in [0.717, 1.165) is 12.3 Å². The maximum absolute atomic E-state index is 12.1. The Hall–Kier alpha value is -3.60. The second kappa shape index (κ2) is 7.33. The van der Waals surface area contributed by atoms with E-state index >= 15 is 0 Å². The molecule has 1 aromatic carbocycles. The van der Waals surface area contributed by atoms with E-state index < -0.39 is 22.6 Å². The first-order valence-electron chi connectivity index (χ1n) is 7.50. The van der Waals surface area contributed by atoms with Crippen LogP contribution >= 0.6 is 11.6 Å². The van der Waals surface area contributed by atoms with Crippen LogP contribution in [-0.4, -0.2) is 40.8 Å². The number of nitro groups is 1. The number of benzene rings is 1. The minimum atomic E-state index is -0.784. The second-order valence-electron chi connectivity index (χ2n) is 5.41. The summed E-state index contributed by atoms with van der Waals surface area (Å²) in [5.41, 5.74) is 4.17. The number of hydrogen-bond donors (Lipinski definition) is 3. The monoisotopic (exact) mass is 393 g/mol. The molecule has 1 aliphatic heterocycles. The molecule has 2 heterocycles. The Balaban J connectivity index is 1.62. The molecular weight excluding hydrogens is 382 g/mol. The third-order valence-corrected chi connectivity index (χ3v) is 3.84. The van der Waals surface area contributed by atoms with Gasteiger partial charge in [-0.05, 0) is 18.2 Å². The fourth-order valence-corrected chi connectivity index (χ4v) is 2.51. The van der Waals surface area contributed by atoms with E-state index in [-0.39, 0.29) is 24.5 Å². The molecule has 3 amide bonds. The van der Waals surface area contributed by atoms with Crippen LogP contribution in [0, 0.1) is 10.1 Å². The third-order valence-electron chi connectivity index (χ3n) is 3.60. The van der Waals surface area contributed by atoms with E-state index in [4.69, 9.17) is 16.3 Å². The highest BCUT2D eigenvalue weighted by Gasteiger charge is 2.27. The zero-order valence-electron chi connectivity index (χ0n) is 13.5. The molecule has 1 aliphatic rings. The SMILES string of the molecule is O=C(CN1C(=O)COc2ccc(Cl)cc21)NNC(=O)c1cc([N+](=O)[O-])c[nH]1. The highest BCUT2D eigenvalue weighted by Crippen LogP contribution is 2.34. The topological polar surface area (TPSA) is 147 Å². The van der Waals surface area contributed by atoms with Crippen LogP contribution in [0.1, 0.15) is 10.5 Å². The number of fused-ring (bicyclic) bond motifs is 1. The molecule has 27 heavy (non-hydrogen) atoms. The molecule has 11 nitrogen and oxygen atoms in total. The molecule has 0 atom stereocenters. The van der Waals surface area contributed by atoms with Crippen LogP contribution in [0.4, 0.5) is 11.4 Å². The lowest BCUT2D eigenvalue weighted by Gasteiger charge is -2.28. The summed E-state index contributed by atoms with van der Waals surface area (Å²) >= 11 is 5.92. The van der Waals surface area contributed by atoms with Gasteiger partial charge in [0.25, 0.3) is 23.4 Å². The summed E-state index contributed by atoms with van der Waals surface area (Å²) < 4.78 is 5.27. The van der Waals surface area contributed by atoms with Crippen LogP contribution in [-0.2, 0) is 9.59 Å². The lowest BCUT2D eigenvalue weighted by molar-refractivity contribution is -0.384. The van der Waals surface area contributed by atoms with Gasteiger partial charge in [-0.25, -0.2) is 0 Å². The molecule has 3 N–H and O–H groups in total. The van der Waals surface area contributed by atoms with Crippen LogP contribution in [0.15, 0.2) is 30.5 Å². The standard InChI is InChI=1S/C15H12ClN5O6/c16-8-1-2-12-11(3-8)20(14(23)7-27-12)6-13(22)18-19-15(24)10-4-9(5-17-10)21(25)26/h1-5,17H,6-7H2,(H,18,22)(H,19,24). The van der Waals surface area contributed by atoms with Gasteiger partial charge in [0.1, 0.15) is 18.0 Å². The first-order valence-corrected chi connectivity index (χ1v) is 7.87. The smallest absolute Gasteiger partial charge is 0.287 e. The van der Waals surface area contributed by atoms with Crippen molar-refractivity contribution in [2.45, 2.75) is 0 Å². The van der Waals surface area contributed by atoms with Gasteiger partial charge in [-0.3, -0.25) is 40.2 Å². The average molecular weight is 394 g/mol. The number of halogens is 1. The number of rotatable bonds is 4. The zero-order valence-corrected chi connectivity index (χ0v) is 14.3. The van der Waals surface area contributed by atoms with Crippen LogP contribution in [0.25, 0.3) is 0 Å². The molecule has 3 rings (SSSR count). The van der Waals surface area contributed by atoms with Crippen molar-refractivity contribution in [2.75, 3.05) is 18.1 Å². The van der Waals surface area contributed by atoms with Crippen LogP contribution in [0.3, 0.4) is 0 Å². The van der Waals surface area contributed by atoms with Crippen molar-refractivity contribution in [2.24, 2.45) is 0 Å². The van der Waals surface area contributed by atoms with Gasteiger partial charge in [-0.2, -0.15) is 0 Å². The molecule has 0 fully saturated rings. The van der Waals surface area contributed by atoms with Crippen molar-refractivity contribution in [3.63, 3.8) is 0 Å². The van der Waals surface area contributed by atoms with Crippen LogP contribution < -0.4 is 20.5 Å². The van der Waals surface area contributed by atoms with Crippen molar-refractivity contribution >= 4 is 40.7 Å². The predicted octanol–water partition coefficient (Wildman–Crippen LogP) is 0.763. The summed E-state index contributed by atoms with van der Waals surface area (Å²) in [6.45, 7) is -0.624. The van der Waals surface area contributed by atoms with E-state index in [0.29, 0.717) is 16.5 Å². The number of aromatic nitrogens is 1. The summed E-state index contributed by atoms with van der Waals surface area (Å²) in [7, 11) is 0. The van der Waals surface area contributed by atoms with E-state index in [1.54, 1.807) is 12.1 Å². The average Bonchev–Trinajstić information content (AvgIpc) is 3.13. The molecule has 0 spiro atoms. The lowest BCUT2D eigenvalue weighted by atomic mass is 10.2. The van der Waals surface area contributed by atoms with E-state index in [2.05, 4.69) is 15.8 Å². The van der Waals surface area contributed by atoms with Crippen LogP contribution in [0.2, 0.25) is 5.02 Å². The summed E-state index contributed by atoms with van der Waals surface area (Å²) in [5, 5.41) is 11.0. The van der Waals surface area contributed by atoms with Gasteiger partial charge in [0.05, 0.1) is 16.8 Å². The van der Waals surface area contributed by atoms with Gasteiger partial charge < -0.3 is 9.72 Å². The van der Waals surface area contributed by atoms with Gasteiger partial charge in [-0.1, -0.05) is 11.6 Å². The number of nitrogens with zero attached hydrogens (tertiary/aromatic N) is 2. The number of aromatic amines is 1. The van der Waals surface area contributed by atoms with E-state index in [1.807, 2.05) is 0 Å². The number of hydrazine groups is 1. The lowest BCUT2D eigenvalue weighted by Crippen LogP contribution is -2.49. The number of carbonyl (C=O) groups is 3. The maximum atomic E-state index is 12.1. The van der Waals surface area contributed by atoms with Crippen molar-refractivity contribution in [1.29, 1.82) is 0 Å². The summed E-state index contributed by atoms with van der Waals surface area (Å²) in [6.07, 6.45) is 1.05. The van der Waals surface area contributed by atoms with Gasteiger partial charge in [0, 0.05) is 11.1 Å². The molecule has 0 saturated carbocycles. The van der Waals surface area contributed by atoms with E-state index in [9.17, 15) is 24.5 Å². The second-order valence-corrected chi connectivity index (χ2v) is 5.85. The number of hydrogen-bond acceptors (Lipinski definition) is 6. The normalized spacial score (nSPS) is 12.8. The summed E-state index contributed by atoms with van der Waals surface area (Å²) in [6, 6.07) is 5.67. The molecule has 0 radical (unpaired) electrons. The Morgan fingerprint density at radius 3 is 2.81 bits per heavy atom. The van der Waals surface area contributed by atoms with Crippen molar-refractivity contribution < 1.29 is 24.0 Å². The quantitative estimate of drug-likeness (QED) is 0.516. The molecule has 12 heteroatoms. The molecule has 1 aromatic heterocycles. The maximum Gasteiger partial charge on any atom is 0.287 e. The number of nitrogens with one attached hydrogen (secondary N) is 3. The molecule has 0 aliphatic carbocycles. The van der Waals surface area contributed by atoms with Crippen molar-refractivity contribution in [3.8, 4) is 5.75 Å². The Morgan fingerprint density at radius 1 is 1.33 bits per heavy atom. The summed E-state index contributed by atoms with van der Waals surface area (Å²) in [4.78, 5) is 49.6. The van der Waals surface area contributed by atoms with Crippen molar-refractivity contribution in [1.82, 2.24) is 15.8 Å². The number of ether oxygens (including phenoxy) is 1. The minimum absolute atomic E-state index is 0.110. The molecule has 0 unspecified atom stereocenters. The third kappa shape index (κ3) is 3.98. The fourth-order valence-electron chi connectivity index (χ4n) is 2.34. The molecule has 2 aromatic rings. The Bertz CT molecular complexity index is 943. The van der Waals surface area contributed by atoms with Crippen LogP contribution in [0.5, 0.6) is 5.75 Å². The summed E-state index contributed by atoms with van der Waals surface area (Å²) in [5.74, 6) is -1.53. The first kappa shape index (κ1) is 18.2. The Morgan fingerprint density at radius 2 is 2.11 bits per heavy atom.